The molecule has 68 valence electrons. The van der Waals surface area contributed by atoms with Crippen LogP contribution in [-0.2, 0) is 4.79 Å². The lowest BCUT2D eigenvalue weighted by molar-refractivity contribution is -0.112. The molecule has 1 unspecified atom stereocenters. The van der Waals surface area contributed by atoms with E-state index in [1.165, 1.54) is 12.1 Å². The number of hydrogen-bond donors (Lipinski definition) is 0. The van der Waals surface area contributed by atoms with Crippen LogP contribution in [0.2, 0.25) is 0 Å². The van der Waals surface area contributed by atoms with Crippen LogP contribution in [-0.4, -0.2) is 13.1 Å². The Kier molecular flexibility index (Phi) is 1.88. The molecule has 2 rings (SSSR count). The SMILES string of the molecule is O=CC(F)c1ccc2c(c1)OCO2. The number of alkyl halides is 1. The molecule has 1 atom stereocenters. The molecule has 0 N–H and O–H groups in total. The van der Waals surface area contributed by atoms with Crippen molar-refractivity contribution < 1.29 is 18.7 Å². The minimum atomic E-state index is -1.59. The summed E-state index contributed by atoms with van der Waals surface area (Å²) in [5.74, 6) is 1.07. The highest BCUT2D eigenvalue weighted by Gasteiger charge is 2.16. The first-order chi connectivity index (χ1) is 6.31. The summed E-state index contributed by atoms with van der Waals surface area (Å²) in [6.45, 7) is 0.150. The summed E-state index contributed by atoms with van der Waals surface area (Å²) in [6.07, 6.45) is -1.34. The molecule has 1 aliphatic heterocycles. The third kappa shape index (κ3) is 1.35. The van der Waals surface area contributed by atoms with Gasteiger partial charge in [-0.3, -0.25) is 4.79 Å². The molecule has 3 nitrogen and oxygen atoms in total. The highest BCUT2D eigenvalue weighted by molar-refractivity contribution is 5.61. The minimum absolute atomic E-state index is 0.150. The van der Waals surface area contributed by atoms with E-state index in [0.29, 0.717) is 17.1 Å². The maximum Gasteiger partial charge on any atom is 0.231 e. The smallest absolute Gasteiger partial charge is 0.231 e. The summed E-state index contributed by atoms with van der Waals surface area (Å²) in [5, 5.41) is 0. The monoisotopic (exact) mass is 182 g/mol. The fourth-order valence-corrected chi connectivity index (χ4v) is 1.16. The Labute approximate surface area is 74.1 Å². The summed E-state index contributed by atoms with van der Waals surface area (Å²) in [7, 11) is 0. The van der Waals surface area contributed by atoms with Crippen molar-refractivity contribution in [2.24, 2.45) is 0 Å². The predicted molar refractivity (Wildman–Crippen MR) is 42.5 cm³/mol. The van der Waals surface area contributed by atoms with Gasteiger partial charge in [0.2, 0.25) is 6.79 Å². The highest BCUT2D eigenvalue weighted by Crippen LogP contribution is 2.34. The van der Waals surface area contributed by atoms with Crippen molar-refractivity contribution in [3.8, 4) is 11.5 Å². The number of halogens is 1. The van der Waals surface area contributed by atoms with Gasteiger partial charge in [0.15, 0.2) is 24.0 Å². The Bertz CT molecular complexity index is 338. The summed E-state index contributed by atoms with van der Waals surface area (Å²) in [6, 6.07) is 4.57. The molecule has 1 heterocycles. The van der Waals surface area contributed by atoms with Crippen LogP contribution in [0.3, 0.4) is 0 Å². The van der Waals surface area contributed by atoms with Crippen LogP contribution in [0.25, 0.3) is 0 Å². The van der Waals surface area contributed by atoms with Gasteiger partial charge >= 0.3 is 0 Å². The Morgan fingerprint density at radius 1 is 1.38 bits per heavy atom. The third-order valence-corrected chi connectivity index (χ3v) is 1.83. The van der Waals surface area contributed by atoms with Crippen LogP contribution >= 0.6 is 0 Å². The van der Waals surface area contributed by atoms with E-state index in [1.54, 1.807) is 6.07 Å². The average molecular weight is 182 g/mol. The number of hydrogen-bond acceptors (Lipinski definition) is 3. The second kappa shape index (κ2) is 3.05. The molecule has 1 aliphatic rings. The standard InChI is InChI=1S/C9H7FO3/c10-7(4-11)6-1-2-8-9(3-6)13-5-12-8/h1-4,7H,5H2. The Morgan fingerprint density at radius 2 is 2.15 bits per heavy atom. The van der Waals surface area contributed by atoms with Gasteiger partial charge in [0.05, 0.1) is 0 Å². The molecule has 1 aromatic carbocycles. The van der Waals surface area contributed by atoms with Crippen LogP contribution in [0.5, 0.6) is 11.5 Å². The Morgan fingerprint density at radius 3 is 2.92 bits per heavy atom. The van der Waals surface area contributed by atoms with E-state index < -0.39 is 6.17 Å². The Hall–Kier alpha value is -1.58. The first-order valence-electron chi connectivity index (χ1n) is 3.80. The lowest BCUT2D eigenvalue weighted by Gasteiger charge is -2.01. The van der Waals surface area contributed by atoms with E-state index in [2.05, 4.69) is 0 Å². The lowest BCUT2D eigenvalue weighted by atomic mass is 10.1. The van der Waals surface area contributed by atoms with Crippen molar-refractivity contribution in [3.05, 3.63) is 23.8 Å². The number of carbonyl (C=O) groups excluding carboxylic acids is 1. The van der Waals surface area contributed by atoms with E-state index >= 15 is 0 Å². The van der Waals surface area contributed by atoms with Crippen molar-refractivity contribution >= 4 is 6.29 Å². The number of aldehydes is 1. The van der Waals surface area contributed by atoms with Crippen molar-refractivity contribution in [2.75, 3.05) is 6.79 Å². The van der Waals surface area contributed by atoms with Crippen molar-refractivity contribution in [1.29, 1.82) is 0 Å². The number of fused-ring (bicyclic) bond motifs is 1. The highest BCUT2D eigenvalue weighted by atomic mass is 19.1. The van der Waals surface area contributed by atoms with Crippen LogP contribution in [0.4, 0.5) is 4.39 Å². The molecule has 0 saturated carbocycles. The molecule has 1 aromatic rings. The lowest BCUT2D eigenvalue weighted by Crippen LogP contribution is -1.93. The van der Waals surface area contributed by atoms with E-state index in [9.17, 15) is 9.18 Å². The Balaban J connectivity index is 2.35. The van der Waals surface area contributed by atoms with Gasteiger partial charge in [-0.25, -0.2) is 4.39 Å². The zero-order valence-corrected chi connectivity index (χ0v) is 6.70. The first kappa shape index (κ1) is 8.04. The number of rotatable bonds is 2. The number of benzene rings is 1. The number of ether oxygens (including phenoxy) is 2. The molecule has 0 bridgehead atoms. The van der Waals surface area contributed by atoms with E-state index in [0.717, 1.165) is 0 Å². The molecule has 0 radical (unpaired) electrons. The normalized spacial score (nSPS) is 15.5. The summed E-state index contributed by atoms with van der Waals surface area (Å²) >= 11 is 0. The van der Waals surface area contributed by atoms with Gasteiger partial charge < -0.3 is 9.47 Å². The maximum atomic E-state index is 12.9. The molecule has 0 saturated heterocycles. The van der Waals surface area contributed by atoms with Gasteiger partial charge in [0, 0.05) is 0 Å². The van der Waals surface area contributed by atoms with Gasteiger partial charge in [-0.15, -0.1) is 0 Å². The quantitative estimate of drug-likeness (QED) is 0.652. The summed E-state index contributed by atoms with van der Waals surface area (Å²) < 4.78 is 22.9. The minimum Gasteiger partial charge on any atom is -0.454 e. The first-order valence-corrected chi connectivity index (χ1v) is 3.80. The zero-order chi connectivity index (χ0) is 9.26. The van der Waals surface area contributed by atoms with E-state index in [4.69, 9.17) is 9.47 Å². The molecule has 0 fully saturated rings. The van der Waals surface area contributed by atoms with Crippen LogP contribution in [0.1, 0.15) is 11.7 Å². The van der Waals surface area contributed by atoms with Gasteiger partial charge in [-0.05, 0) is 17.7 Å². The third-order valence-electron chi connectivity index (χ3n) is 1.83. The predicted octanol–water partition coefficient (Wildman–Crippen LogP) is 1.62. The summed E-state index contributed by atoms with van der Waals surface area (Å²) in [4.78, 5) is 10.2. The molecular weight excluding hydrogens is 175 g/mol. The topological polar surface area (TPSA) is 35.5 Å². The average Bonchev–Trinajstić information content (AvgIpc) is 2.63. The molecule has 0 aliphatic carbocycles. The second-order valence-corrected chi connectivity index (χ2v) is 2.65. The van der Waals surface area contributed by atoms with Gasteiger partial charge in [0.25, 0.3) is 0 Å². The van der Waals surface area contributed by atoms with Crippen molar-refractivity contribution in [3.63, 3.8) is 0 Å². The van der Waals surface area contributed by atoms with Crippen LogP contribution in [0.15, 0.2) is 18.2 Å². The van der Waals surface area contributed by atoms with E-state index in [-0.39, 0.29) is 13.1 Å². The van der Waals surface area contributed by atoms with Gasteiger partial charge in [-0.1, -0.05) is 6.07 Å². The van der Waals surface area contributed by atoms with Gasteiger partial charge in [0.1, 0.15) is 0 Å². The fourth-order valence-electron chi connectivity index (χ4n) is 1.16. The number of carbonyl (C=O) groups is 1. The van der Waals surface area contributed by atoms with Crippen molar-refractivity contribution in [1.82, 2.24) is 0 Å². The molecule has 0 amide bonds. The van der Waals surface area contributed by atoms with Crippen LogP contribution < -0.4 is 9.47 Å². The largest absolute Gasteiger partial charge is 0.454 e. The maximum absolute atomic E-state index is 12.9. The zero-order valence-electron chi connectivity index (χ0n) is 6.70. The van der Waals surface area contributed by atoms with Gasteiger partial charge in [-0.2, -0.15) is 0 Å². The summed E-state index contributed by atoms with van der Waals surface area (Å²) in [5.41, 5.74) is 0.291. The van der Waals surface area contributed by atoms with Crippen molar-refractivity contribution in [2.45, 2.75) is 6.17 Å². The molecule has 0 aromatic heterocycles. The van der Waals surface area contributed by atoms with E-state index in [1.807, 2.05) is 0 Å². The molecule has 13 heavy (non-hydrogen) atoms. The second-order valence-electron chi connectivity index (χ2n) is 2.65. The molecular formula is C9H7FO3. The molecule has 4 heteroatoms. The fraction of sp³-hybridized carbons (Fsp3) is 0.222. The molecule has 0 spiro atoms. The van der Waals surface area contributed by atoms with Crippen LogP contribution in [0, 0.1) is 0 Å².